The lowest BCUT2D eigenvalue weighted by Crippen LogP contribution is -2.39. The third kappa shape index (κ3) is 7.50. The molecule has 2 aromatic rings. The summed E-state index contributed by atoms with van der Waals surface area (Å²) in [7, 11) is 0. The van der Waals surface area contributed by atoms with Gasteiger partial charge in [-0.15, -0.1) is 35.3 Å². The fourth-order valence-electron chi connectivity index (χ4n) is 2.24. The summed E-state index contributed by atoms with van der Waals surface area (Å²) in [4.78, 5) is 10.2. The van der Waals surface area contributed by atoms with Gasteiger partial charge in [0.15, 0.2) is 5.96 Å². The van der Waals surface area contributed by atoms with E-state index in [2.05, 4.69) is 53.9 Å². The van der Waals surface area contributed by atoms with Crippen LogP contribution in [0.4, 0.5) is 0 Å². The van der Waals surface area contributed by atoms with Crippen LogP contribution < -0.4 is 10.6 Å². The Bertz CT molecular complexity index is 642. The molecule has 0 radical (unpaired) electrons. The Hall–Kier alpha value is -0.860. The first-order valence-electron chi connectivity index (χ1n) is 8.18. The van der Waals surface area contributed by atoms with Gasteiger partial charge in [0, 0.05) is 29.6 Å². The van der Waals surface area contributed by atoms with Crippen molar-refractivity contribution in [3.05, 3.63) is 51.4 Å². The van der Waals surface area contributed by atoms with Gasteiger partial charge in [-0.3, -0.25) is 4.99 Å². The van der Waals surface area contributed by atoms with Crippen LogP contribution in [0.2, 0.25) is 5.15 Å². The lowest BCUT2D eigenvalue weighted by Gasteiger charge is -2.21. The van der Waals surface area contributed by atoms with Crippen LogP contribution in [0.1, 0.15) is 31.2 Å². The lowest BCUT2D eigenvalue weighted by molar-refractivity contribution is 0.548. The number of aliphatic imine (C=N–C) groups is 1. The van der Waals surface area contributed by atoms with Crippen molar-refractivity contribution in [1.29, 1.82) is 0 Å². The van der Waals surface area contributed by atoms with Gasteiger partial charge < -0.3 is 10.6 Å². The van der Waals surface area contributed by atoms with Gasteiger partial charge in [0.05, 0.1) is 6.54 Å². The monoisotopic (exact) mass is 492 g/mol. The van der Waals surface area contributed by atoms with E-state index in [9.17, 15) is 0 Å². The van der Waals surface area contributed by atoms with E-state index in [1.165, 1.54) is 4.88 Å². The second-order valence-corrected chi connectivity index (χ2v) is 7.56. The van der Waals surface area contributed by atoms with Crippen LogP contribution >= 0.6 is 46.9 Å². The van der Waals surface area contributed by atoms with Gasteiger partial charge in [-0.1, -0.05) is 37.6 Å². The maximum Gasteiger partial charge on any atom is 0.191 e. The Labute approximate surface area is 176 Å². The fraction of sp³-hybridized carbons (Fsp3) is 0.444. The SMILES string of the molecule is CCNC(=NCC(C)(C)c1cccs1)NCCc1ccc(Cl)nc1.I. The average Bonchev–Trinajstić information content (AvgIpc) is 3.10. The predicted molar refractivity (Wildman–Crippen MR) is 120 cm³/mol. The molecule has 0 atom stereocenters. The van der Waals surface area contributed by atoms with Crippen LogP contribution in [0.5, 0.6) is 0 Å². The number of nitrogens with zero attached hydrogens (tertiary/aromatic N) is 2. The number of rotatable bonds is 7. The van der Waals surface area contributed by atoms with Gasteiger partial charge in [-0.25, -0.2) is 4.98 Å². The first-order chi connectivity index (χ1) is 11.5. The number of guanidine groups is 1. The molecule has 0 aliphatic heterocycles. The maximum absolute atomic E-state index is 5.81. The maximum atomic E-state index is 5.81. The minimum Gasteiger partial charge on any atom is -0.357 e. The Morgan fingerprint density at radius 3 is 2.68 bits per heavy atom. The number of hydrogen-bond acceptors (Lipinski definition) is 3. The molecule has 138 valence electrons. The highest BCUT2D eigenvalue weighted by atomic mass is 127. The highest BCUT2D eigenvalue weighted by Crippen LogP contribution is 2.27. The van der Waals surface area contributed by atoms with Crippen LogP contribution in [0, 0.1) is 0 Å². The molecular weight excluding hydrogens is 467 g/mol. The molecule has 0 aliphatic carbocycles. The molecule has 0 fully saturated rings. The lowest BCUT2D eigenvalue weighted by atomic mass is 9.92. The topological polar surface area (TPSA) is 49.3 Å². The summed E-state index contributed by atoms with van der Waals surface area (Å²) in [5.74, 6) is 0.851. The van der Waals surface area contributed by atoms with Crippen LogP contribution in [0.25, 0.3) is 0 Å². The van der Waals surface area contributed by atoms with E-state index in [-0.39, 0.29) is 29.4 Å². The van der Waals surface area contributed by atoms with Gasteiger partial charge in [0.25, 0.3) is 0 Å². The third-order valence-electron chi connectivity index (χ3n) is 3.66. The Kier molecular flexibility index (Phi) is 9.74. The second kappa shape index (κ2) is 11.0. The van der Waals surface area contributed by atoms with Crippen LogP contribution in [-0.4, -0.2) is 30.6 Å². The van der Waals surface area contributed by atoms with E-state index in [1.807, 2.05) is 18.3 Å². The van der Waals surface area contributed by atoms with Gasteiger partial charge >= 0.3 is 0 Å². The molecule has 0 unspecified atom stereocenters. The zero-order valence-corrected chi connectivity index (χ0v) is 18.8. The molecule has 0 aromatic carbocycles. The van der Waals surface area contributed by atoms with Crippen molar-refractivity contribution >= 4 is 52.9 Å². The van der Waals surface area contributed by atoms with Crippen molar-refractivity contribution in [2.75, 3.05) is 19.6 Å². The van der Waals surface area contributed by atoms with Gasteiger partial charge in [0.2, 0.25) is 0 Å². The zero-order valence-electron chi connectivity index (χ0n) is 14.9. The van der Waals surface area contributed by atoms with E-state index >= 15 is 0 Å². The van der Waals surface area contributed by atoms with E-state index in [0.717, 1.165) is 37.6 Å². The zero-order chi connectivity index (χ0) is 17.4. The molecule has 2 aromatic heterocycles. The van der Waals surface area contributed by atoms with Gasteiger partial charge in [-0.2, -0.15) is 0 Å². The van der Waals surface area contributed by atoms with Crippen LogP contribution in [-0.2, 0) is 11.8 Å². The van der Waals surface area contributed by atoms with Gasteiger partial charge in [0.1, 0.15) is 5.15 Å². The Morgan fingerprint density at radius 2 is 2.08 bits per heavy atom. The third-order valence-corrected chi connectivity index (χ3v) is 5.12. The predicted octanol–water partition coefficient (Wildman–Crippen LogP) is 4.49. The molecule has 2 N–H and O–H groups in total. The number of thiophene rings is 1. The molecule has 0 bridgehead atoms. The van der Waals surface area contributed by atoms with Crippen LogP contribution in [0.3, 0.4) is 0 Å². The highest BCUT2D eigenvalue weighted by Gasteiger charge is 2.21. The molecule has 2 heterocycles. The number of nitrogens with one attached hydrogen (secondary N) is 2. The molecule has 0 saturated heterocycles. The molecule has 25 heavy (non-hydrogen) atoms. The van der Waals surface area contributed by atoms with Crippen molar-refractivity contribution in [1.82, 2.24) is 15.6 Å². The first-order valence-corrected chi connectivity index (χ1v) is 9.43. The summed E-state index contributed by atoms with van der Waals surface area (Å²) < 4.78 is 0. The first kappa shape index (κ1) is 22.2. The van der Waals surface area contributed by atoms with Crippen molar-refractivity contribution in [3.8, 4) is 0 Å². The quantitative estimate of drug-likeness (QED) is 0.259. The molecule has 7 heteroatoms. The number of halogens is 2. The summed E-state index contributed by atoms with van der Waals surface area (Å²) in [5, 5.41) is 9.33. The van der Waals surface area contributed by atoms with Crippen molar-refractivity contribution in [2.24, 2.45) is 4.99 Å². The Morgan fingerprint density at radius 1 is 1.28 bits per heavy atom. The highest BCUT2D eigenvalue weighted by molar-refractivity contribution is 14.0. The van der Waals surface area contributed by atoms with Crippen molar-refractivity contribution < 1.29 is 0 Å². The smallest absolute Gasteiger partial charge is 0.191 e. The normalized spacial score (nSPS) is 11.8. The summed E-state index contributed by atoms with van der Waals surface area (Å²) in [6, 6.07) is 8.09. The van der Waals surface area contributed by atoms with Gasteiger partial charge in [-0.05, 0) is 36.4 Å². The molecule has 0 aliphatic rings. The largest absolute Gasteiger partial charge is 0.357 e. The standard InChI is InChI=1S/C18H25ClN4S.HI/c1-4-20-17(21-10-9-14-7-8-16(19)22-12-14)23-13-18(2,3)15-6-5-11-24-15;/h5-8,11-12H,4,9-10,13H2,1-3H3,(H2,20,21,23);1H. The van der Waals surface area contributed by atoms with E-state index in [1.54, 1.807) is 11.3 Å². The number of pyridine rings is 1. The average molecular weight is 493 g/mol. The van der Waals surface area contributed by atoms with E-state index < -0.39 is 0 Å². The summed E-state index contributed by atoms with van der Waals surface area (Å²) >= 11 is 7.59. The molecule has 4 nitrogen and oxygen atoms in total. The number of hydrogen-bond donors (Lipinski definition) is 2. The van der Waals surface area contributed by atoms with E-state index in [4.69, 9.17) is 16.6 Å². The molecule has 0 saturated carbocycles. The van der Waals surface area contributed by atoms with E-state index in [0.29, 0.717) is 5.15 Å². The molecule has 0 amide bonds. The minimum atomic E-state index is 0. The van der Waals surface area contributed by atoms with Crippen LogP contribution in [0.15, 0.2) is 40.8 Å². The molecule has 2 rings (SSSR count). The summed E-state index contributed by atoms with van der Waals surface area (Å²) in [5.41, 5.74) is 1.19. The molecule has 0 spiro atoms. The summed E-state index contributed by atoms with van der Waals surface area (Å²) in [6.07, 6.45) is 2.69. The second-order valence-electron chi connectivity index (χ2n) is 6.22. The number of aromatic nitrogens is 1. The van der Waals surface area contributed by atoms with Crippen molar-refractivity contribution in [2.45, 2.75) is 32.6 Å². The Balaban J connectivity index is 0.00000312. The fourth-order valence-corrected chi connectivity index (χ4v) is 3.20. The summed E-state index contributed by atoms with van der Waals surface area (Å²) in [6.45, 7) is 8.91. The molecular formula is C18H26ClIN4S. The van der Waals surface area contributed by atoms with Crippen molar-refractivity contribution in [3.63, 3.8) is 0 Å². The minimum absolute atomic E-state index is 0.